The number of nitrogens with zero attached hydrogens (tertiary/aromatic N) is 1. The molecule has 0 N–H and O–H groups in total. The van der Waals surface area contributed by atoms with Gasteiger partial charge in [0.25, 0.3) is 5.91 Å². The molecule has 1 rings (SSSR count). The van der Waals surface area contributed by atoms with E-state index in [9.17, 15) is 4.79 Å². The quantitative estimate of drug-likeness (QED) is 0.689. The predicted molar refractivity (Wildman–Crippen MR) is 77.4 cm³/mol. The molecule has 0 saturated heterocycles. The van der Waals surface area contributed by atoms with E-state index in [1.807, 2.05) is 4.90 Å². The average Bonchev–Trinajstić information content (AvgIpc) is 2.12. The summed E-state index contributed by atoms with van der Waals surface area (Å²) in [6.45, 7) is 18.1. The van der Waals surface area contributed by atoms with E-state index in [0.29, 0.717) is 0 Å². The highest BCUT2D eigenvalue weighted by Gasteiger charge is 2.38. The largest absolute Gasteiger partial charge is 0.336 e. The smallest absolute Gasteiger partial charge is 0.250 e. The van der Waals surface area contributed by atoms with E-state index < -0.39 is 0 Å². The Hall–Kier alpha value is -0.790. The maximum Gasteiger partial charge on any atom is 0.250 e. The molecule has 0 aromatic rings. The molecule has 0 bridgehead atoms. The van der Waals surface area contributed by atoms with Crippen LogP contribution in [0.5, 0.6) is 0 Å². The maximum absolute atomic E-state index is 12.7. The van der Waals surface area contributed by atoms with Crippen LogP contribution in [-0.2, 0) is 4.79 Å². The van der Waals surface area contributed by atoms with E-state index >= 15 is 0 Å². The maximum atomic E-state index is 12.7. The SMILES string of the molecule is CC(C)N1CCC(C(C)(C)C)=C(C(C)(C)C)C1=O. The van der Waals surface area contributed by atoms with Crippen molar-refractivity contribution in [1.82, 2.24) is 4.90 Å². The number of rotatable bonds is 1. The van der Waals surface area contributed by atoms with Crippen LogP contribution in [0, 0.1) is 10.8 Å². The minimum atomic E-state index is -0.0761. The molecule has 0 fully saturated rings. The number of hydrogen-bond donors (Lipinski definition) is 0. The van der Waals surface area contributed by atoms with Crippen molar-refractivity contribution < 1.29 is 4.79 Å². The first-order chi connectivity index (χ1) is 7.96. The van der Waals surface area contributed by atoms with Crippen molar-refractivity contribution in [3.63, 3.8) is 0 Å². The Labute approximate surface area is 112 Å². The molecule has 1 heterocycles. The number of hydrogen-bond acceptors (Lipinski definition) is 1. The lowest BCUT2D eigenvalue weighted by molar-refractivity contribution is -0.130. The van der Waals surface area contributed by atoms with Gasteiger partial charge in [-0.15, -0.1) is 0 Å². The molecule has 0 spiro atoms. The number of carbonyl (C=O) groups is 1. The molecule has 0 saturated carbocycles. The summed E-state index contributed by atoms with van der Waals surface area (Å²) in [5, 5.41) is 0. The zero-order chi connectivity index (χ0) is 14.3. The Bertz CT molecular complexity index is 364. The predicted octanol–water partition coefficient (Wildman–Crippen LogP) is 4.02. The van der Waals surface area contributed by atoms with Crippen LogP contribution in [0.2, 0.25) is 0 Å². The first kappa shape index (κ1) is 15.3. The van der Waals surface area contributed by atoms with Gasteiger partial charge < -0.3 is 4.90 Å². The normalized spacial score (nSPS) is 18.9. The lowest BCUT2D eigenvalue weighted by Crippen LogP contribution is -2.46. The van der Waals surface area contributed by atoms with Gasteiger partial charge in [-0.3, -0.25) is 4.79 Å². The second kappa shape index (κ2) is 4.71. The molecule has 1 aliphatic heterocycles. The molecule has 104 valence electrons. The lowest BCUT2D eigenvalue weighted by Gasteiger charge is -2.41. The van der Waals surface area contributed by atoms with Crippen LogP contribution in [0.25, 0.3) is 0 Å². The standard InChI is InChI=1S/C16H29NO/c1-11(2)17-10-9-12(15(3,4)5)13(14(17)18)16(6,7)8/h11H,9-10H2,1-8H3. The van der Waals surface area contributed by atoms with Gasteiger partial charge in [0, 0.05) is 18.2 Å². The van der Waals surface area contributed by atoms with Crippen LogP contribution in [0.1, 0.15) is 61.8 Å². The summed E-state index contributed by atoms with van der Waals surface area (Å²) in [6.07, 6.45) is 1.01. The third-order valence-electron chi connectivity index (χ3n) is 3.66. The van der Waals surface area contributed by atoms with Crippen molar-refractivity contribution in [1.29, 1.82) is 0 Å². The van der Waals surface area contributed by atoms with Crippen molar-refractivity contribution in [3.05, 3.63) is 11.1 Å². The topological polar surface area (TPSA) is 20.3 Å². The summed E-state index contributed by atoms with van der Waals surface area (Å²) in [7, 11) is 0. The fourth-order valence-electron chi connectivity index (χ4n) is 2.75. The van der Waals surface area contributed by atoms with Crippen molar-refractivity contribution in [2.75, 3.05) is 6.54 Å². The van der Waals surface area contributed by atoms with E-state index in [2.05, 4.69) is 55.4 Å². The van der Waals surface area contributed by atoms with Crippen LogP contribution in [0.3, 0.4) is 0 Å². The monoisotopic (exact) mass is 251 g/mol. The minimum absolute atomic E-state index is 0.0761. The van der Waals surface area contributed by atoms with Gasteiger partial charge in [0.05, 0.1) is 0 Å². The van der Waals surface area contributed by atoms with E-state index in [-0.39, 0.29) is 22.8 Å². The van der Waals surface area contributed by atoms with Gasteiger partial charge in [0.15, 0.2) is 0 Å². The third kappa shape index (κ3) is 2.96. The highest BCUT2D eigenvalue weighted by Crippen LogP contribution is 2.41. The Kier molecular flexibility index (Phi) is 4.00. The molecule has 18 heavy (non-hydrogen) atoms. The van der Waals surface area contributed by atoms with Crippen molar-refractivity contribution in [2.45, 2.75) is 67.9 Å². The molecule has 0 aromatic heterocycles. The van der Waals surface area contributed by atoms with Gasteiger partial charge in [0.2, 0.25) is 0 Å². The second-order valence-corrected chi connectivity index (χ2v) is 7.70. The van der Waals surface area contributed by atoms with Crippen LogP contribution in [0.15, 0.2) is 11.1 Å². The van der Waals surface area contributed by atoms with Gasteiger partial charge in [-0.2, -0.15) is 0 Å². The molecule has 0 aromatic carbocycles. The van der Waals surface area contributed by atoms with Crippen LogP contribution in [-0.4, -0.2) is 23.4 Å². The summed E-state index contributed by atoms with van der Waals surface area (Å²) >= 11 is 0. The van der Waals surface area contributed by atoms with Crippen LogP contribution < -0.4 is 0 Å². The summed E-state index contributed by atoms with van der Waals surface area (Å²) in [4.78, 5) is 14.7. The molecule has 0 aliphatic carbocycles. The fourth-order valence-corrected chi connectivity index (χ4v) is 2.75. The van der Waals surface area contributed by atoms with Gasteiger partial charge in [-0.05, 0) is 31.1 Å². The molecule has 1 amide bonds. The van der Waals surface area contributed by atoms with Crippen molar-refractivity contribution >= 4 is 5.91 Å². The number of amides is 1. The summed E-state index contributed by atoms with van der Waals surface area (Å²) < 4.78 is 0. The average molecular weight is 251 g/mol. The Morgan fingerprint density at radius 2 is 1.50 bits per heavy atom. The Morgan fingerprint density at radius 1 is 1.00 bits per heavy atom. The zero-order valence-corrected chi connectivity index (χ0v) is 13.3. The van der Waals surface area contributed by atoms with Crippen molar-refractivity contribution in [3.8, 4) is 0 Å². The highest BCUT2D eigenvalue weighted by molar-refractivity contribution is 5.96. The first-order valence-electron chi connectivity index (χ1n) is 7.01. The van der Waals surface area contributed by atoms with Gasteiger partial charge in [-0.1, -0.05) is 47.1 Å². The molecular weight excluding hydrogens is 222 g/mol. The Balaban J connectivity index is 3.34. The summed E-state index contributed by atoms with van der Waals surface area (Å²) in [5.74, 6) is 0.244. The summed E-state index contributed by atoms with van der Waals surface area (Å²) in [5.41, 5.74) is 2.39. The Morgan fingerprint density at radius 3 is 1.83 bits per heavy atom. The van der Waals surface area contributed by atoms with Crippen molar-refractivity contribution in [2.24, 2.45) is 10.8 Å². The van der Waals surface area contributed by atoms with E-state index in [0.717, 1.165) is 18.5 Å². The second-order valence-electron chi connectivity index (χ2n) is 7.70. The molecule has 2 heteroatoms. The summed E-state index contributed by atoms with van der Waals surface area (Å²) in [6, 6.07) is 0.288. The molecule has 1 aliphatic rings. The highest BCUT2D eigenvalue weighted by atomic mass is 16.2. The van der Waals surface area contributed by atoms with E-state index in [1.165, 1.54) is 5.57 Å². The molecule has 0 atom stereocenters. The van der Waals surface area contributed by atoms with E-state index in [4.69, 9.17) is 0 Å². The molecule has 0 unspecified atom stereocenters. The van der Waals surface area contributed by atoms with Gasteiger partial charge in [0.1, 0.15) is 0 Å². The number of carbonyl (C=O) groups excluding carboxylic acids is 1. The molecule has 2 nitrogen and oxygen atoms in total. The molecular formula is C16H29NO. The zero-order valence-electron chi connectivity index (χ0n) is 13.3. The first-order valence-corrected chi connectivity index (χ1v) is 7.01. The van der Waals surface area contributed by atoms with E-state index in [1.54, 1.807) is 0 Å². The fraction of sp³-hybridized carbons (Fsp3) is 0.812. The third-order valence-corrected chi connectivity index (χ3v) is 3.66. The van der Waals surface area contributed by atoms with Gasteiger partial charge >= 0.3 is 0 Å². The minimum Gasteiger partial charge on any atom is -0.336 e. The molecule has 0 radical (unpaired) electrons. The van der Waals surface area contributed by atoms with Crippen LogP contribution >= 0.6 is 0 Å². The van der Waals surface area contributed by atoms with Crippen LogP contribution in [0.4, 0.5) is 0 Å². The lowest BCUT2D eigenvalue weighted by atomic mass is 9.71. The van der Waals surface area contributed by atoms with Gasteiger partial charge in [-0.25, -0.2) is 0 Å².